The molecule has 0 aliphatic rings. The van der Waals surface area contributed by atoms with Gasteiger partial charge in [0.2, 0.25) is 0 Å². The summed E-state index contributed by atoms with van der Waals surface area (Å²) in [6.07, 6.45) is 0. The number of nitrogens with one attached hydrogen (secondary N) is 2. The van der Waals surface area contributed by atoms with Crippen LogP contribution in [-0.4, -0.2) is 26.2 Å². The van der Waals surface area contributed by atoms with Gasteiger partial charge >= 0.3 is 9.99 Å². The maximum absolute atomic E-state index is 8.55. The quantitative estimate of drug-likeness (QED) is 0.298. The molecule has 17 heteroatoms. The summed E-state index contributed by atoms with van der Waals surface area (Å²) in [5.41, 5.74) is 2.80. The Hall–Kier alpha value is -1.31. The molecule has 0 amide bonds. The van der Waals surface area contributed by atoms with Gasteiger partial charge in [0, 0.05) is 0 Å². The molecule has 0 saturated carbocycles. The summed E-state index contributed by atoms with van der Waals surface area (Å²) >= 11 is 0. The Morgan fingerprint density at radius 2 is 0.649 bits per heavy atom. The molecule has 0 aromatic heterocycles. The molecule has 14 nitrogen and oxygen atoms in total. The molecule has 0 atom stereocenters. The Bertz CT molecular complexity index is 836. The number of rotatable bonds is 6. The van der Waals surface area contributed by atoms with Gasteiger partial charge in [-0.1, -0.05) is 36.4 Å². The molecule has 0 bridgehead atoms. The second-order valence-electron chi connectivity index (χ2n) is 6.70. The highest BCUT2D eigenvalue weighted by molar-refractivity contribution is 7.40. The van der Waals surface area contributed by atoms with Crippen molar-refractivity contribution in [2.75, 3.05) is 26.2 Å². The maximum Gasteiger partial charge on any atom is 1.00 e. The van der Waals surface area contributed by atoms with E-state index < -0.39 is 23.5 Å². The van der Waals surface area contributed by atoms with E-state index in [9.17, 15) is 0 Å². The molecule has 0 saturated heterocycles. The van der Waals surface area contributed by atoms with Crippen LogP contribution in [0.25, 0.3) is 0 Å². The second-order valence-corrected chi connectivity index (χ2v) is 9.38. The van der Waals surface area contributed by atoms with E-state index in [-0.39, 0.29) is 9.99 Å². The van der Waals surface area contributed by atoms with Gasteiger partial charge < -0.3 is 67.5 Å². The lowest BCUT2D eigenvalue weighted by Gasteiger charge is -2.36. The molecule has 216 valence electrons. The number of hydrogen-bond donors (Lipinski definition) is 2. The van der Waals surface area contributed by atoms with Gasteiger partial charge in [-0.2, -0.15) is 23.5 Å². The van der Waals surface area contributed by atoms with Crippen molar-refractivity contribution >= 4 is 34.8 Å². The van der Waals surface area contributed by atoms with Gasteiger partial charge in [-0.25, -0.2) is 0 Å². The zero-order valence-corrected chi connectivity index (χ0v) is 23.5. The fourth-order valence-corrected chi connectivity index (χ4v) is 2.66. The average Bonchev–Trinajstić information content (AvgIpc) is 2.74. The number of quaternary nitrogens is 2. The molecular weight excluding hydrogens is 553 g/mol. The molecular formula is C20H39N2O12P3. The van der Waals surface area contributed by atoms with E-state index in [2.05, 4.69) is 88.4 Å². The molecule has 2 rings (SSSR count). The SMILES string of the molecule is CC[NH+](CC)c1ccccc1.CC[NH+](CC)c1ccccc1.O=P([O-])([O-])[O-].O=P([O-])([O-])[O-].O=P([O-])([O-])[O-].[H+].[H+].[H+].[H+].[H+].[H+].[H+]. The van der Waals surface area contributed by atoms with Crippen LogP contribution in [0.15, 0.2) is 60.7 Å². The molecule has 0 aliphatic carbocycles. The Labute approximate surface area is 227 Å². The van der Waals surface area contributed by atoms with Crippen LogP contribution in [0.5, 0.6) is 0 Å². The van der Waals surface area contributed by atoms with E-state index in [1.54, 1.807) is 9.80 Å². The monoisotopic (exact) mass is 592 g/mol. The second kappa shape index (κ2) is 21.6. The Balaban J connectivity index is -0.0000000414. The lowest BCUT2D eigenvalue weighted by molar-refractivity contribution is -0.828. The first-order chi connectivity index (χ1) is 16.8. The Kier molecular flexibility index (Phi) is 23.5. The molecule has 0 spiro atoms. The minimum atomic E-state index is -5.39. The summed E-state index contributed by atoms with van der Waals surface area (Å²) < 4.78 is 25.6. The smallest absolute Gasteiger partial charge is 0.822 e. The lowest BCUT2D eigenvalue weighted by atomic mass is 10.3. The molecule has 0 radical (unpaired) electrons. The predicted octanol–water partition coefficient (Wildman–Crippen LogP) is -5.20. The third-order valence-corrected chi connectivity index (χ3v) is 4.07. The molecule has 37 heavy (non-hydrogen) atoms. The van der Waals surface area contributed by atoms with Gasteiger partial charge in [0.25, 0.3) is 0 Å². The number of hydrogen-bond acceptors (Lipinski definition) is 12. The van der Waals surface area contributed by atoms with Crippen LogP contribution in [-0.2, 0) is 13.7 Å². The molecule has 0 heterocycles. The van der Waals surface area contributed by atoms with Crippen LogP contribution >= 0.6 is 23.5 Å². The molecule has 2 N–H and O–H groups in total. The van der Waals surface area contributed by atoms with Crippen molar-refractivity contribution in [2.24, 2.45) is 0 Å². The van der Waals surface area contributed by atoms with Crippen LogP contribution in [0.2, 0.25) is 0 Å². The first-order valence-electron chi connectivity index (χ1n) is 10.8. The molecule has 2 aromatic rings. The fourth-order valence-electron chi connectivity index (χ4n) is 2.66. The third-order valence-electron chi connectivity index (χ3n) is 4.07. The van der Waals surface area contributed by atoms with Crippen LogP contribution in [0.1, 0.15) is 37.7 Å². The van der Waals surface area contributed by atoms with Crippen molar-refractivity contribution in [3.05, 3.63) is 60.7 Å². The summed E-state index contributed by atoms with van der Waals surface area (Å²) in [5.74, 6) is 0. The first kappa shape index (κ1) is 40.2. The zero-order valence-electron chi connectivity index (χ0n) is 27.8. The van der Waals surface area contributed by atoms with E-state index >= 15 is 0 Å². The summed E-state index contributed by atoms with van der Waals surface area (Å²) in [7, 11) is -16.2. The Morgan fingerprint density at radius 1 is 0.486 bits per heavy atom. The number of para-hydroxylation sites is 2. The highest BCUT2D eigenvalue weighted by atomic mass is 31.2. The summed E-state index contributed by atoms with van der Waals surface area (Å²) in [6.45, 7) is 13.5. The molecule has 0 fully saturated rings. The molecule has 0 unspecified atom stereocenters. The van der Waals surface area contributed by atoms with Gasteiger partial charge in [-0.05, 0) is 52.0 Å². The van der Waals surface area contributed by atoms with E-state index in [4.69, 9.17) is 57.7 Å². The van der Waals surface area contributed by atoms with Gasteiger partial charge in [0.1, 0.15) is 11.4 Å². The largest absolute Gasteiger partial charge is 1.00 e. The van der Waals surface area contributed by atoms with Crippen molar-refractivity contribution in [3.63, 3.8) is 0 Å². The van der Waals surface area contributed by atoms with Crippen LogP contribution < -0.4 is 53.8 Å². The topological polar surface area (TPSA) is 268 Å². The van der Waals surface area contributed by atoms with Gasteiger partial charge in [0.15, 0.2) is 0 Å². The highest BCUT2D eigenvalue weighted by Gasteiger charge is 2.04. The normalized spacial score (nSPS) is 11.0. The van der Waals surface area contributed by atoms with E-state index in [0.29, 0.717) is 0 Å². The minimum Gasteiger partial charge on any atom is -0.822 e. The maximum atomic E-state index is 8.55. The van der Waals surface area contributed by atoms with Crippen molar-refractivity contribution in [1.29, 1.82) is 0 Å². The summed E-state index contributed by atoms with van der Waals surface area (Å²) in [6, 6.07) is 21.2. The standard InChI is InChI=1S/2C10H15N.3H3O4P/c2*1-3-11(4-2)10-8-6-5-7-9-10;3*1-5(2,3)4/h2*5-9H,3-4H2,1-2H3;3*(H3,1,2,3,4). The van der Waals surface area contributed by atoms with Gasteiger partial charge in [-0.15, -0.1) is 0 Å². The van der Waals surface area contributed by atoms with Crippen LogP contribution in [0.3, 0.4) is 0 Å². The first-order valence-corrected chi connectivity index (χ1v) is 15.1. The van der Waals surface area contributed by atoms with Gasteiger partial charge in [0.05, 0.1) is 26.2 Å². The van der Waals surface area contributed by atoms with Crippen molar-refractivity contribution in [2.45, 2.75) is 27.7 Å². The number of phosphoric acid groups is 3. The van der Waals surface area contributed by atoms with E-state index in [1.807, 2.05) is 0 Å². The van der Waals surface area contributed by atoms with E-state index in [1.165, 1.54) is 37.6 Å². The minimum absolute atomic E-state index is 0. The molecule has 0 aliphatic heterocycles. The number of benzene rings is 2. The van der Waals surface area contributed by atoms with Crippen LogP contribution in [0, 0.1) is 0 Å². The molecule has 2 aromatic carbocycles. The lowest BCUT2D eigenvalue weighted by Crippen LogP contribution is -3.06. The fraction of sp³-hybridized carbons (Fsp3) is 0.400. The summed E-state index contributed by atoms with van der Waals surface area (Å²) in [4.78, 5) is 80.0. The Morgan fingerprint density at radius 3 is 0.784 bits per heavy atom. The van der Waals surface area contributed by atoms with E-state index in [0.717, 1.165) is 0 Å². The van der Waals surface area contributed by atoms with Crippen molar-refractivity contribution in [1.82, 2.24) is 0 Å². The van der Waals surface area contributed by atoms with Crippen LogP contribution in [0.4, 0.5) is 11.4 Å². The average molecular weight is 592 g/mol. The highest BCUT2D eigenvalue weighted by Crippen LogP contribution is 2.04. The summed E-state index contributed by atoms with van der Waals surface area (Å²) in [5, 5.41) is 0. The zero-order chi connectivity index (χ0) is 29.7. The van der Waals surface area contributed by atoms with Gasteiger partial charge in [-0.3, -0.25) is 0 Å². The predicted molar refractivity (Wildman–Crippen MR) is 127 cm³/mol. The third kappa shape index (κ3) is 39.4. The van der Waals surface area contributed by atoms with Crippen molar-refractivity contribution < 1.29 is 77.5 Å². The van der Waals surface area contributed by atoms with Crippen molar-refractivity contribution in [3.8, 4) is 0 Å².